The highest BCUT2D eigenvalue weighted by Gasteiger charge is 2.05. The number of carbonyl (C=O) groups is 2. The molecule has 0 bridgehead atoms. The van der Waals surface area contributed by atoms with Gasteiger partial charge in [-0.15, -0.1) is 0 Å². The van der Waals surface area contributed by atoms with E-state index in [1.165, 1.54) is 38.2 Å². The molecule has 1 rings (SSSR count). The van der Waals surface area contributed by atoms with E-state index in [1.807, 2.05) is 12.1 Å². The van der Waals surface area contributed by atoms with Gasteiger partial charge in [0.1, 0.15) is 0 Å². The standard InChI is InChI=1S/C22H34N2O3/c1-3-5-6-7-8-9-16-27-17-10-15-23-22(26)20-13-11-19(12-14-20)18-24-21(25)4-2/h4,11-14H,2-3,5-10,15-18H2,1H3,(H,23,26)(H,24,25). The lowest BCUT2D eigenvalue weighted by Gasteiger charge is -2.07. The third-order valence-corrected chi connectivity index (χ3v) is 4.26. The molecule has 0 unspecified atom stereocenters. The molecule has 0 saturated heterocycles. The summed E-state index contributed by atoms with van der Waals surface area (Å²) in [6.07, 6.45) is 9.64. The Kier molecular flexibility index (Phi) is 12.7. The van der Waals surface area contributed by atoms with Gasteiger partial charge in [-0.25, -0.2) is 0 Å². The van der Waals surface area contributed by atoms with Gasteiger partial charge in [-0.2, -0.15) is 0 Å². The van der Waals surface area contributed by atoms with Crippen LogP contribution in [-0.4, -0.2) is 31.6 Å². The van der Waals surface area contributed by atoms with Crippen molar-refractivity contribution in [3.05, 3.63) is 48.0 Å². The summed E-state index contributed by atoms with van der Waals surface area (Å²) in [6, 6.07) is 7.20. The SMILES string of the molecule is C=CC(=O)NCc1ccc(C(=O)NCCCOCCCCCCCC)cc1. The van der Waals surface area contributed by atoms with Gasteiger partial charge in [0.05, 0.1) is 0 Å². The molecular formula is C22H34N2O3. The maximum atomic E-state index is 12.1. The van der Waals surface area contributed by atoms with E-state index in [4.69, 9.17) is 4.74 Å². The van der Waals surface area contributed by atoms with Gasteiger partial charge in [0.2, 0.25) is 5.91 Å². The maximum Gasteiger partial charge on any atom is 0.251 e. The van der Waals surface area contributed by atoms with Gasteiger partial charge in [0, 0.05) is 31.9 Å². The molecule has 2 amide bonds. The molecule has 0 aliphatic rings. The van der Waals surface area contributed by atoms with Crippen LogP contribution >= 0.6 is 0 Å². The summed E-state index contributed by atoms with van der Waals surface area (Å²) in [7, 11) is 0. The summed E-state index contributed by atoms with van der Waals surface area (Å²) in [5.41, 5.74) is 1.55. The fraction of sp³-hybridized carbons (Fsp3) is 0.545. The second-order valence-electron chi connectivity index (χ2n) is 6.61. The highest BCUT2D eigenvalue weighted by atomic mass is 16.5. The molecule has 150 valence electrons. The third kappa shape index (κ3) is 11.2. The van der Waals surface area contributed by atoms with Crippen molar-refractivity contribution in [2.24, 2.45) is 0 Å². The number of carbonyl (C=O) groups excluding carboxylic acids is 2. The predicted molar refractivity (Wildman–Crippen MR) is 110 cm³/mol. The van der Waals surface area contributed by atoms with E-state index in [0.717, 1.165) is 25.0 Å². The summed E-state index contributed by atoms with van der Waals surface area (Å²) in [5.74, 6) is -0.303. The lowest BCUT2D eigenvalue weighted by molar-refractivity contribution is -0.116. The number of rotatable bonds is 15. The van der Waals surface area contributed by atoms with Crippen LogP contribution in [0.25, 0.3) is 0 Å². The molecule has 0 fully saturated rings. The molecule has 0 saturated carbocycles. The molecule has 0 heterocycles. The van der Waals surface area contributed by atoms with Crippen LogP contribution in [0.3, 0.4) is 0 Å². The Morgan fingerprint density at radius 2 is 1.63 bits per heavy atom. The van der Waals surface area contributed by atoms with Crippen LogP contribution in [0.1, 0.15) is 67.8 Å². The first kappa shape index (κ1) is 22.9. The number of ether oxygens (including phenoxy) is 1. The van der Waals surface area contributed by atoms with Crippen LogP contribution in [0.5, 0.6) is 0 Å². The summed E-state index contributed by atoms with van der Waals surface area (Å²) in [4.78, 5) is 23.2. The van der Waals surface area contributed by atoms with E-state index in [-0.39, 0.29) is 11.8 Å². The smallest absolute Gasteiger partial charge is 0.251 e. The molecule has 0 aliphatic carbocycles. The number of benzene rings is 1. The molecule has 5 nitrogen and oxygen atoms in total. The van der Waals surface area contributed by atoms with E-state index >= 15 is 0 Å². The molecule has 0 aliphatic heterocycles. The van der Waals surface area contributed by atoms with Crippen LogP contribution in [0, 0.1) is 0 Å². The van der Waals surface area contributed by atoms with Crippen LogP contribution in [0.2, 0.25) is 0 Å². The first-order valence-electron chi connectivity index (χ1n) is 10.0. The minimum atomic E-state index is -0.212. The summed E-state index contributed by atoms with van der Waals surface area (Å²) in [6.45, 7) is 8.14. The zero-order valence-electron chi connectivity index (χ0n) is 16.6. The number of amides is 2. The Balaban J connectivity index is 2.07. The van der Waals surface area contributed by atoms with Gasteiger partial charge in [-0.05, 0) is 36.6 Å². The number of hydrogen-bond donors (Lipinski definition) is 2. The molecule has 1 aromatic rings. The molecular weight excluding hydrogens is 340 g/mol. The van der Waals surface area contributed by atoms with Gasteiger partial charge < -0.3 is 15.4 Å². The number of unbranched alkanes of at least 4 members (excludes halogenated alkanes) is 5. The normalized spacial score (nSPS) is 10.4. The van der Waals surface area contributed by atoms with Gasteiger partial charge >= 0.3 is 0 Å². The second kappa shape index (κ2) is 15.0. The third-order valence-electron chi connectivity index (χ3n) is 4.26. The lowest BCUT2D eigenvalue weighted by atomic mass is 10.1. The highest BCUT2D eigenvalue weighted by Crippen LogP contribution is 2.06. The Bertz CT molecular complexity index is 555. The minimum absolute atomic E-state index is 0.0902. The Hall–Kier alpha value is -2.14. The fourth-order valence-corrected chi connectivity index (χ4v) is 2.60. The van der Waals surface area contributed by atoms with Crippen molar-refractivity contribution in [1.29, 1.82) is 0 Å². The molecule has 0 spiro atoms. The second-order valence-corrected chi connectivity index (χ2v) is 6.61. The first-order valence-corrected chi connectivity index (χ1v) is 10.0. The van der Waals surface area contributed by atoms with Crippen molar-refractivity contribution < 1.29 is 14.3 Å². The summed E-state index contributed by atoms with van der Waals surface area (Å²) < 4.78 is 5.61. The van der Waals surface area contributed by atoms with Gasteiger partial charge in [-0.1, -0.05) is 57.7 Å². The van der Waals surface area contributed by atoms with Crippen molar-refractivity contribution in [3.8, 4) is 0 Å². The quantitative estimate of drug-likeness (QED) is 0.360. The molecule has 1 aromatic carbocycles. The van der Waals surface area contributed by atoms with Gasteiger partial charge in [0.25, 0.3) is 5.91 Å². The van der Waals surface area contributed by atoms with Crippen molar-refractivity contribution in [1.82, 2.24) is 10.6 Å². The molecule has 27 heavy (non-hydrogen) atoms. The van der Waals surface area contributed by atoms with E-state index in [1.54, 1.807) is 12.1 Å². The van der Waals surface area contributed by atoms with E-state index in [2.05, 4.69) is 24.1 Å². The zero-order chi connectivity index (χ0) is 19.7. The Morgan fingerprint density at radius 3 is 2.33 bits per heavy atom. The van der Waals surface area contributed by atoms with Crippen molar-refractivity contribution in [2.45, 2.75) is 58.4 Å². The van der Waals surface area contributed by atoms with Crippen LogP contribution in [-0.2, 0) is 16.1 Å². The first-order chi connectivity index (χ1) is 13.2. The van der Waals surface area contributed by atoms with Crippen LogP contribution < -0.4 is 10.6 Å². The number of nitrogens with one attached hydrogen (secondary N) is 2. The summed E-state index contributed by atoms with van der Waals surface area (Å²) >= 11 is 0. The molecule has 2 N–H and O–H groups in total. The average molecular weight is 375 g/mol. The van der Waals surface area contributed by atoms with Crippen LogP contribution in [0.15, 0.2) is 36.9 Å². The van der Waals surface area contributed by atoms with Crippen molar-refractivity contribution in [2.75, 3.05) is 19.8 Å². The molecule has 0 radical (unpaired) electrons. The molecule has 5 heteroatoms. The zero-order valence-corrected chi connectivity index (χ0v) is 16.6. The topological polar surface area (TPSA) is 67.4 Å². The van der Waals surface area contributed by atoms with Crippen molar-refractivity contribution in [3.63, 3.8) is 0 Å². The predicted octanol–water partition coefficient (Wildman–Crippen LogP) is 3.99. The Morgan fingerprint density at radius 1 is 0.963 bits per heavy atom. The van der Waals surface area contributed by atoms with E-state index < -0.39 is 0 Å². The summed E-state index contributed by atoms with van der Waals surface area (Å²) in [5, 5.41) is 5.60. The fourth-order valence-electron chi connectivity index (χ4n) is 2.60. The van der Waals surface area contributed by atoms with Crippen molar-refractivity contribution >= 4 is 11.8 Å². The lowest BCUT2D eigenvalue weighted by Crippen LogP contribution is -2.25. The molecule has 0 aromatic heterocycles. The van der Waals surface area contributed by atoms with E-state index in [9.17, 15) is 9.59 Å². The van der Waals surface area contributed by atoms with E-state index in [0.29, 0.717) is 25.3 Å². The molecule has 0 atom stereocenters. The van der Waals surface area contributed by atoms with Gasteiger partial charge in [-0.3, -0.25) is 9.59 Å². The van der Waals surface area contributed by atoms with Gasteiger partial charge in [0.15, 0.2) is 0 Å². The average Bonchev–Trinajstić information content (AvgIpc) is 2.70. The van der Waals surface area contributed by atoms with Crippen LogP contribution in [0.4, 0.5) is 0 Å². The highest BCUT2D eigenvalue weighted by molar-refractivity contribution is 5.94. The number of hydrogen-bond acceptors (Lipinski definition) is 3. The maximum absolute atomic E-state index is 12.1. The minimum Gasteiger partial charge on any atom is -0.381 e. The largest absolute Gasteiger partial charge is 0.381 e. The monoisotopic (exact) mass is 374 g/mol. The Labute approximate surface area is 163 Å².